The highest BCUT2D eigenvalue weighted by atomic mass is 35.5. The Bertz CT molecular complexity index is 1140. The molecule has 0 aliphatic rings. The molecule has 2 aromatic carbocycles. The summed E-state index contributed by atoms with van der Waals surface area (Å²) in [7, 11) is -3.58. The first kappa shape index (κ1) is 28.7. The molecule has 2 amide bonds. The first-order valence-corrected chi connectivity index (χ1v) is 14.0. The summed E-state index contributed by atoms with van der Waals surface area (Å²) in [6.07, 6.45) is 2.34. The highest BCUT2D eigenvalue weighted by molar-refractivity contribution is 7.92. The van der Waals surface area contributed by atoms with Crippen molar-refractivity contribution >= 4 is 39.1 Å². The number of halogens is 1. The molecule has 9 heteroatoms. The molecule has 0 saturated carbocycles. The van der Waals surface area contributed by atoms with Crippen molar-refractivity contribution < 1.29 is 18.0 Å². The highest BCUT2D eigenvalue weighted by Gasteiger charge is 2.26. The van der Waals surface area contributed by atoms with Crippen LogP contribution in [0.4, 0.5) is 5.69 Å². The van der Waals surface area contributed by atoms with Gasteiger partial charge in [-0.05, 0) is 56.9 Å². The van der Waals surface area contributed by atoms with Gasteiger partial charge in [0.15, 0.2) is 0 Å². The van der Waals surface area contributed by atoms with Gasteiger partial charge in [0.25, 0.3) is 0 Å². The number of rotatable bonds is 12. The van der Waals surface area contributed by atoms with Crippen LogP contribution in [0.5, 0.6) is 0 Å². The summed E-state index contributed by atoms with van der Waals surface area (Å²) >= 11 is 6.11. The number of anilines is 1. The number of nitrogens with one attached hydrogen (secondary N) is 1. The van der Waals surface area contributed by atoms with Crippen LogP contribution >= 0.6 is 11.6 Å². The number of amides is 2. The second-order valence-corrected chi connectivity index (χ2v) is 11.2. The average molecular weight is 522 g/mol. The number of carbonyl (C=O) groups excluding carboxylic acids is 2. The summed E-state index contributed by atoms with van der Waals surface area (Å²) in [4.78, 5) is 27.5. The minimum absolute atomic E-state index is 0.100. The van der Waals surface area contributed by atoms with E-state index in [1.165, 1.54) is 4.31 Å². The van der Waals surface area contributed by atoms with Crippen molar-refractivity contribution in [3.63, 3.8) is 0 Å². The summed E-state index contributed by atoms with van der Waals surface area (Å²) in [6, 6.07) is 12.2. The van der Waals surface area contributed by atoms with Crippen LogP contribution in [0.2, 0.25) is 5.02 Å². The van der Waals surface area contributed by atoms with Crippen LogP contribution in [0.25, 0.3) is 0 Å². The summed E-state index contributed by atoms with van der Waals surface area (Å²) in [5.41, 5.74) is 3.27. The van der Waals surface area contributed by atoms with Gasteiger partial charge in [0.05, 0.1) is 11.9 Å². The maximum atomic E-state index is 13.3. The third-order valence-corrected chi connectivity index (χ3v) is 7.16. The normalized spacial score (nSPS) is 12.2. The van der Waals surface area contributed by atoms with Crippen LogP contribution in [-0.2, 0) is 26.2 Å². The molecule has 192 valence electrons. The lowest BCUT2D eigenvalue weighted by Crippen LogP contribution is -2.47. The number of hydrogen-bond acceptors (Lipinski definition) is 4. The predicted molar refractivity (Wildman–Crippen MR) is 142 cm³/mol. The Balaban J connectivity index is 2.19. The summed E-state index contributed by atoms with van der Waals surface area (Å²) in [5, 5.41) is 3.30. The molecule has 0 saturated heterocycles. The third-order valence-electron chi connectivity index (χ3n) is 5.74. The monoisotopic (exact) mass is 521 g/mol. The van der Waals surface area contributed by atoms with E-state index >= 15 is 0 Å². The molecule has 0 heterocycles. The number of carbonyl (C=O) groups is 2. The quantitative estimate of drug-likeness (QED) is 0.447. The molecule has 0 spiro atoms. The van der Waals surface area contributed by atoms with Gasteiger partial charge in [0, 0.05) is 31.1 Å². The zero-order valence-electron chi connectivity index (χ0n) is 21.2. The standard InChI is InChI=1S/C26H36ClN3O4S/c1-6-14-28-26(32)21(4)29(18-22-10-7-9-19(2)16-22)25(31)11-8-15-30(35(5,33)34)24-17-23(27)13-12-20(24)3/h7,9-10,12-13,16-17,21H,6,8,11,14-15,18H2,1-5H3,(H,28,32). The molecule has 7 nitrogen and oxygen atoms in total. The van der Waals surface area contributed by atoms with Crippen molar-refractivity contribution in [3.05, 3.63) is 64.2 Å². The van der Waals surface area contributed by atoms with E-state index in [1.54, 1.807) is 30.0 Å². The van der Waals surface area contributed by atoms with Gasteiger partial charge >= 0.3 is 0 Å². The van der Waals surface area contributed by atoms with Crippen LogP contribution < -0.4 is 9.62 Å². The summed E-state index contributed by atoms with van der Waals surface area (Å²) in [6.45, 7) is 8.44. The molecule has 0 aromatic heterocycles. The van der Waals surface area contributed by atoms with E-state index in [4.69, 9.17) is 11.6 Å². The minimum atomic E-state index is -3.58. The van der Waals surface area contributed by atoms with Crippen LogP contribution in [0.3, 0.4) is 0 Å². The lowest BCUT2D eigenvalue weighted by molar-refractivity contribution is -0.140. The van der Waals surface area contributed by atoms with Crippen molar-refractivity contribution in [1.82, 2.24) is 10.2 Å². The van der Waals surface area contributed by atoms with E-state index < -0.39 is 16.1 Å². The third kappa shape index (κ3) is 8.54. The molecule has 0 fully saturated rings. The van der Waals surface area contributed by atoms with Gasteiger partial charge in [0.1, 0.15) is 6.04 Å². The summed E-state index contributed by atoms with van der Waals surface area (Å²) in [5.74, 6) is -0.415. The molecule has 1 atom stereocenters. The number of benzene rings is 2. The SMILES string of the molecule is CCCNC(=O)C(C)N(Cc1cccc(C)c1)C(=O)CCCN(c1cc(Cl)ccc1C)S(C)(=O)=O. The van der Waals surface area contributed by atoms with Gasteiger partial charge in [-0.2, -0.15) is 0 Å². The lowest BCUT2D eigenvalue weighted by Gasteiger charge is -2.29. The van der Waals surface area contributed by atoms with Gasteiger partial charge in [-0.25, -0.2) is 8.42 Å². The smallest absolute Gasteiger partial charge is 0.242 e. The summed E-state index contributed by atoms with van der Waals surface area (Å²) < 4.78 is 26.3. The van der Waals surface area contributed by atoms with Gasteiger partial charge in [-0.1, -0.05) is 54.4 Å². The fourth-order valence-electron chi connectivity index (χ4n) is 3.82. The molecule has 1 N–H and O–H groups in total. The maximum absolute atomic E-state index is 13.3. The van der Waals surface area contributed by atoms with Crippen LogP contribution in [-0.4, -0.2) is 50.5 Å². The predicted octanol–water partition coefficient (Wildman–Crippen LogP) is 4.45. The fourth-order valence-corrected chi connectivity index (χ4v) is 5.00. The Morgan fingerprint density at radius 3 is 2.46 bits per heavy atom. The van der Waals surface area contributed by atoms with Gasteiger partial charge < -0.3 is 10.2 Å². The Morgan fingerprint density at radius 1 is 1.11 bits per heavy atom. The molecule has 2 rings (SSSR count). The van der Waals surface area contributed by atoms with Gasteiger partial charge in [-0.15, -0.1) is 0 Å². The molecular formula is C26H36ClN3O4S. The van der Waals surface area contributed by atoms with E-state index in [9.17, 15) is 18.0 Å². The van der Waals surface area contributed by atoms with Gasteiger partial charge in [-0.3, -0.25) is 13.9 Å². The lowest BCUT2D eigenvalue weighted by atomic mass is 10.1. The van der Waals surface area contributed by atoms with Crippen molar-refractivity contribution in [3.8, 4) is 0 Å². The van der Waals surface area contributed by atoms with Crippen LogP contribution in [0.1, 0.15) is 49.8 Å². The van der Waals surface area contributed by atoms with E-state index in [0.29, 0.717) is 30.2 Å². The Morgan fingerprint density at radius 2 is 1.83 bits per heavy atom. The van der Waals surface area contributed by atoms with E-state index in [2.05, 4.69) is 5.32 Å². The Kier molecular flexibility index (Phi) is 10.6. The number of aryl methyl sites for hydroxylation is 2. The molecule has 0 radical (unpaired) electrons. The topological polar surface area (TPSA) is 86.8 Å². The second-order valence-electron chi connectivity index (χ2n) is 8.85. The molecule has 0 aliphatic heterocycles. The van der Waals surface area contributed by atoms with E-state index in [0.717, 1.165) is 29.4 Å². The minimum Gasteiger partial charge on any atom is -0.354 e. The molecule has 1 unspecified atom stereocenters. The van der Waals surface area contributed by atoms with Crippen LogP contribution in [0.15, 0.2) is 42.5 Å². The molecule has 2 aromatic rings. The van der Waals surface area contributed by atoms with Crippen molar-refractivity contribution in [2.75, 3.05) is 23.7 Å². The zero-order valence-corrected chi connectivity index (χ0v) is 22.7. The van der Waals surface area contributed by atoms with E-state index in [1.807, 2.05) is 45.0 Å². The van der Waals surface area contributed by atoms with Crippen molar-refractivity contribution in [2.24, 2.45) is 0 Å². The molecule has 0 aliphatic carbocycles. The van der Waals surface area contributed by atoms with Crippen LogP contribution in [0, 0.1) is 13.8 Å². The number of hydrogen-bond donors (Lipinski definition) is 1. The first-order chi connectivity index (χ1) is 16.4. The zero-order chi connectivity index (χ0) is 26.2. The fraction of sp³-hybridized carbons (Fsp3) is 0.462. The average Bonchev–Trinajstić information content (AvgIpc) is 2.79. The Hall–Kier alpha value is -2.58. The molecule has 35 heavy (non-hydrogen) atoms. The number of nitrogens with zero attached hydrogens (tertiary/aromatic N) is 2. The van der Waals surface area contributed by atoms with Crippen molar-refractivity contribution in [2.45, 2.75) is 59.5 Å². The Labute approximate surface area is 214 Å². The first-order valence-electron chi connectivity index (χ1n) is 11.8. The van der Waals surface area contributed by atoms with E-state index in [-0.39, 0.29) is 24.8 Å². The maximum Gasteiger partial charge on any atom is 0.242 e. The molecular weight excluding hydrogens is 486 g/mol. The number of sulfonamides is 1. The second kappa shape index (κ2) is 12.9. The van der Waals surface area contributed by atoms with Gasteiger partial charge in [0.2, 0.25) is 21.8 Å². The van der Waals surface area contributed by atoms with Crippen molar-refractivity contribution in [1.29, 1.82) is 0 Å². The highest BCUT2D eigenvalue weighted by Crippen LogP contribution is 2.27. The molecule has 0 bridgehead atoms. The largest absolute Gasteiger partial charge is 0.354 e.